The molecule has 0 aromatic heterocycles. The average molecular weight is 368 g/mol. The average Bonchev–Trinajstić information content (AvgIpc) is 2.61. The molecule has 140 valence electrons. The van der Waals surface area contributed by atoms with E-state index in [9.17, 15) is 14.0 Å². The Morgan fingerprint density at radius 2 is 1.78 bits per heavy atom. The summed E-state index contributed by atoms with van der Waals surface area (Å²) in [6.45, 7) is 5.11. The maximum atomic E-state index is 13.6. The normalized spacial score (nSPS) is 10.2. The molecule has 0 fully saturated rings. The fraction of sp³-hybridized carbons (Fsp3) is 0.286. The van der Waals surface area contributed by atoms with Gasteiger partial charge in [0.1, 0.15) is 5.82 Å². The first-order chi connectivity index (χ1) is 12.8. The first kappa shape index (κ1) is 20.1. The molecule has 0 aliphatic rings. The van der Waals surface area contributed by atoms with Crippen LogP contribution in [0.15, 0.2) is 36.4 Å². The van der Waals surface area contributed by atoms with Crippen molar-refractivity contribution in [1.29, 1.82) is 5.26 Å². The van der Waals surface area contributed by atoms with Crippen molar-refractivity contribution >= 4 is 17.6 Å². The number of esters is 1. The molecule has 0 saturated carbocycles. The monoisotopic (exact) mass is 368 g/mol. The Labute approximate surface area is 158 Å². The number of nitrogens with zero attached hydrogens (tertiary/aromatic N) is 2. The Morgan fingerprint density at radius 3 is 2.37 bits per heavy atom. The standard InChI is InChI=1S/C21H21FN2O3/c1-14-9-15(2)11-18(10-14)24(8-4-7-23)20(25)13-27-21(26)17-6-5-16(3)19(22)12-17/h5-6,9-12H,4,8,13H2,1-3H3. The van der Waals surface area contributed by atoms with Crippen LogP contribution in [0.2, 0.25) is 0 Å². The van der Waals surface area contributed by atoms with E-state index in [0.717, 1.165) is 17.2 Å². The molecule has 0 spiro atoms. The molecule has 0 radical (unpaired) electrons. The lowest BCUT2D eigenvalue weighted by Crippen LogP contribution is -2.35. The molecule has 0 atom stereocenters. The molecule has 2 rings (SSSR count). The van der Waals surface area contributed by atoms with E-state index in [1.165, 1.54) is 17.0 Å². The highest BCUT2D eigenvalue weighted by atomic mass is 19.1. The number of carbonyl (C=O) groups is 2. The summed E-state index contributed by atoms with van der Waals surface area (Å²) in [4.78, 5) is 26.1. The van der Waals surface area contributed by atoms with Crippen molar-refractivity contribution in [3.05, 3.63) is 64.5 Å². The lowest BCUT2D eigenvalue weighted by molar-refractivity contribution is -0.121. The van der Waals surface area contributed by atoms with E-state index in [0.29, 0.717) is 11.3 Å². The molecular weight excluding hydrogens is 347 g/mol. The Hall–Kier alpha value is -3.20. The summed E-state index contributed by atoms with van der Waals surface area (Å²) in [5.41, 5.74) is 3.06. The Morgan fingerprint density at radius 1 is 1.11 bits per heavy atom. The maximum absolute atomic E-state index is 13.6. The van der Waals surface area contributed by atoms with Crippen molar-refractivity contribution in [3.8, 4) is 6.07 Å². The van der Waals surface area contributed by atoms with Gasteiger partial charge in [-0.15, -0.1) is 0 Å². The molecule has 0 saturated heterocycles. The van der Waals surface area contributed by atoms with Gasteiger partial charge in [-0.05, 0) is 61.7 Å². The number of benzene rings is 2. The summed E-state index contributed by atoms with van der Waals surface area (Å²) in [5, 5.41) is 8.86. The van der Waals surface area contributed by atoms with Gasteiger partial charge in [-0.3, -0.25) is 4.79 Å². The molecule has 0 aliphatic heterocycles. The first-order valence-corrected chi connectivity index (χ1v) is 8.50. The number of aryl methyl sites for hydroxylation is 3. The zero-order valence-corrected chi connectivity index (χ0v) is 15.6. The Bertz CT molecular complexity index is 883. The predicted molar refractivity (Wildman–Crippen MR) is 99.9 cm³/mol. The fourth-order valence-electron chi connectivity index (χ4n) is 2.67. The molecule has 6 heteroatoms. The molecule has 0 aliphatic carbocycles. The SMILES string of the molecule is Cc1cc(C)cc(N(CCC#N)C(=O)COC(=O)c2ccc(C)c(F)c2)c1. The lowest BCUT2D eigenvalue weighted by Gasteiger charge is -2.22. The number of nitriles is 1. The van der Waals surface area contributed by atoms with Crippen molar-refractivity contribution in [1.82, 2.24) is 0 Å². The van der Waals surface area contributed by atoms with E-state index in [4.69, 9.17) is 10.00 Å². The number of hydrogen-bond donors (Lipinski definition) is 0. The zero-order chi connectivity index (χ0) is 20.0. The summed E-state index contributed by atoms with van der Waals surface area (Å²) in [6, 6.07) is 11.7. The summed E-state index contributed by atoms with van der Waals surface area (Å²) in [6.07, 6.45) is 0.149. The maximum Gasteiger partial charge on any atom is 0.338 e. The third-order valence-corrected chi connectivity index (χ3v) is 4.00. The first-order valence-electron chi connectivity index (χ1n) is 8.50. The van der Waals surface area contributed by atoms with Crippen LogP contribution in [0.25, 0.3) is 0 Å². The molecule has 27 heavy (non-hydrogen) atoms. The van der Waals surface area contributed by atoms with E-state index in [1.54, 1.807) is 6.92 Å². The molecule has 0 bridgehead atoms. The largest absolute Gasteiger partial charge is 0.452 e. The second-order valence-electron chi connectivity index (χ2n) is 6.34. The van der Waals surface area contributed by atoms with Crippen molar-refractivity contribution in [2.45, 2.75) is 27.2 Å². The van der Waals surface area contributed by atoms with Gasteiger partial charge in [-0.1, -0.05) is 12.1 Å². The minimum absolute atomic E-state index is 0.0425. The van der Waals surface area contributed by atoms with Crippen molar-refractivity contribution in [2.24, 2.45) is 0 Å². The minimum atomic E-state index is -0.775. The van der Waals surface area contributed by atoms with Gasteiger partial charge >= 0.3 is 5.97 Å². The van der Waals surface area contributed by atoms with Gasteiger partial charge in [0.2, 0.25) is 0 Å². The summed E-state index contributed by atoms with van der Waals surface area (Å²) >= 11 is 0. The van der Waals surface area contributed by atoms with Crippen molar-refractivity contribution < 1.29 is 18.7 Å². The van der Waals surface area contributed by atoms with Crippen LogP contribution in [-0.2, 0) is 9.53 Å². The second kappa shape index (κ2) is 8.95. The summed E-state index contributed by atoms with van der Waals surface area (Å²) < 4.78 is 18.6. The van der Waals surface area contributed by atoms with Crippen LogP contribution in [0, 0.1) is 37.9 Å². The predicted octanol–water partition coefficient (Wildman–Crippen LogP) is 3.85. The van der Waals surface area contributed by atoms with Gasteiger partial charge in [0.25, 0.3) is 5.91 Å². The van der Waals surface area contributed by atoms with E-state index in [2.05, 4.69) is 0 Å². The van der Waals surface area contributed by atoms with Gasteiger partial charge in [0.15, 0.2) is 6.61 Å². The van der Waals surface area contributed by atoms with E-state index >= 15 is 0 Å². The minimum Gasteiger partial charge on any atom is -0.452 e. The summed E-state index contributed by atoms with van der Waals surface area (Å²) in [5.74, 6) is -1.74. The number of ether oxygens (including phenoxy) is 1. The van der Waals surface area contributed by atoms with Crippen LogP contribution in [0.3, 0.4) is 0 Å². The number of amides is 1. The smallest absolute Gasteiger partial charge is 0.338 e. The Balaban J connectivity index is 2.12. The highest BCUT2D eigenvalue weighted by Crippen LogP contribution is 2.20. The quantitative estimate of drug-likeness (QED) is 0.726. The number of carbonyl (C=O) groups excluding carboxylic acids is 2. The molecule has 1 amide bonds. The van der Waals surface area contributed by atoms with E-state index in [-0.39, 0.29) is 18.5 Å². The summed E-state index contributed by atoms with van der Waals surface area (Å²) in [7, 11) is 0. The van der Waals surface area contributed by atoms with Crippen LogP contribution in [0.1, 0.15) is 33.5 Å². The number of rotatable bonds is 6. The van der Waals surface area contributed by atoms with Gasteiger partial charge in [0.05, 0.1) is 18.1 Å². The fourth-order valence-corrected chi connectivity index (χ4v) is 2.67. The molecule has 2 aromatic rings. The zero-order valence-electron chi connectivity index (χ0n) is 15.6. The molecule has 0 heterocycles. The Kier molecular flexibility index (Phi) is 6.67. The van der Waals surface area contributed by atoms with Gasteiger partial charge in [0, 0.05) is 12.2 Å². The topological polar surface area (TPSA) is 70.4 Å². The van der Waals surface area contributed by atoms with Crippen LogP contribution >= 0.6 is 0 Å². The highest BCUT2D eigenvalue weighted by Gasteiger charge is 2.19. The third kappa shape index (κ3) is 5.38. The molecule has 5 nitrogen and oxygen atoms in total. The van der Waals surface area contributed by atoms with Gasteiger partial charge < -0.3 is 9.64 Å². The van der Waals surface area contributed by atoms with Crippen molar-refractivity contribution in [3.63, 3.8) is 0 Å². The number of anilines is 1. The molecular formula is C21H21FN2O3. The number of hydrogen-bond acceptors (Lipinski definition) is 4. The molecule has 2 aromatic carbocycles. The number of halogens is 1. The molecule has 0 N–H and O–H groups in total. The van der Waals surface area contributed by atoms with Gasteiger partial charge in [-0.2, -0.15) is 5.26 Å². The van der Waals surface area contributed by atoms with Crippen LogP contribution in [0.5, 0.6) is 0 Å². The van der Waals surface area contributed by atoms with Gasteiger partial charge in [-0.25, -0.2) is 9.18 Å². The third-order valence-electron chi connectivity index (χ3n) is 4.00. The molecule has 0 unspecified atom stereocenters. The second-order valence-corrected chi connectivity index (χ2v) is 6.34. The lowest BCUT2D eigenvalue weighted by atomic mass is 10.1. The van der Waals surface area contributed by atoms with Crippen LogP contribution in [-0.4, -0.2) is 25.0 Å². The van der Waals surface area contributed by atoms with E-state index < -0.39 is 24.3 Å². The van der Waals surface area contributed by atoms with Crippen molar-refractivity contribution in [2.75, 3.05) is 18.1 Å². The highest BCUT2D eigenvalue weighted by molar-refractivity contribution is 5.97. The van der Waals surface area contributed by atoms with E-state index in [1.807, 2.05) is 38.1 Å². The van der Waals surface area contributed by atoms with Crippen LogP contribution < -0.4 is 4.90 Å². The van der Waals surface area contributed by atoms with Crippen LogP contribution in [0.4, 0.5) is 10.1 Å².